The summed E-state index contributed by atoms with van der Waals surface area (Å²) in [4.78, 5) is 8.49. The molecular formula is C14H13BrN4. The Balaban J connectivity index is 1.84. The van der Waals surface area contributed by atoms with Crippen LogP contribution in [0.4, 0.5) is 5.69 Å². The van der Waals surface area contributed by atoms with Crippen molar-refractivity contribution in [3.05, 3.63) is 58.7 Å². The number of aromatic nitrogens is 3. The third-order valence-electron chi connectivity index (χ3n) is 2.93. The second-order valence-corrected chi connectivity index (χ2v) is 5.22. The van der Waals surface area contributed by atoms with Crippen molar-refractivity contribution in [2.24, 2.45) is 0 Å². The number of rotatable bonds is 3. The minimum absolute atomic E-state index is 0.723. The normalized spacial score (nSPS) is 10.8. The molecule has 96 valence electrons. The molecular weight excluding hydrogens is 304 g/mol. The third kappa shape index (κ3) is 2.61. The van der Waals surface area contributed by atoms with E-state index in [1.165, 1.54) is 5.56 Å². The molecule has 0 aliphatic heterocycles. The number of benzene rings is 1. The molecule has 0 bridgehead atoms. The Morgan fingerprint density at radius 2 is 2.16 bits per heavy atom. The fourth-order valence-electron chi connectivity index (χ4n) is 1.99. The topological polar surface area (TPSA) is 42.2 Å². The van der Waals surface area contributed by atoms with Crippen molar-refractivity contribution in [1.29, 1.82) is 0 Å². The fourth-order valence-corrected chi connectivity index (χ4v) is 2.30. The molecule has 1 N–H and O–H groups in total. The molecule has 3 rings (SSSR count). The summed E-state index contributed by atoms with van der Waals surface area (Å²) in [5, 5.41) is 3.40. The predicted octanol–water partition coefficient (Wildman–Crippen LogP) is 3.41. The van der Waals surface area contributed by atoms with E-state index in [1.54, 1.807) is 6.20 Å². The summed E-state index contributed by atoms with van der Waals surface area (Å²) >= 11 is 3.38. The quantitative estimate of drug-likeness (QED) is 0.805. The van der Waals surface area contributed by atoms with E-state index in [0.29, 0.717) is 0 Å². The summed E-state index contributed by atoms with van der Waals surface area (Å²) in [6.45, 7) is 2.81. The number of fused-ring (bicyclic) bond motifs is 1. The molecule has 0 saturated carbocycles. The van der Waals surface area contributed by atoms with Gasteiger partial charge in [-0.05, 0) is 40.5 Å². The van der Waals surface area contributed by atoms with E-state index >= 15 is 0 Å². The maximum Gasteiger partial charge on any atom is 0.155 e. The highest BCUT2D eigenvalue weighted by molar-refractivity contribution is 9.10. The summed E-state index contributed by atoms with van der Waals surface area (Å²) < 4.78 is 2.83. The minimum atomic E-state index is 0.723. The first-order chi connectivity index (χ1) is 9.22. The van der Waals surface area contributed by atoms with E-state index in [4.69, 9.17) is 0 Å². The summed E-state index contributed by atoms with van der Waals surface area (Å²) in [5.74, 6) is 0. The van der Waals surface area contributed by atoms with Crippen LogP contribution in [0.5, 0.6) is 0 Å². The maximum absolute atomic E-state index is 4.33. The minimum Gasteiger partial charge on any atom is -0.379 e. The summed E-state index contributed by atoms with van der Waals surface area (Å²) in [6.07, 6.45) is 5.54. The van der Waals surface area contributed by atoms with Crippen molar-refractivity contribution in [1.82, 2.24) is 14.4 Å². The first-order valence-corrected chi connectivity index (χ1v) is 6.80. The smallest absolute Gasteiger partial charge is 0.155 e. The van der Waals surface area contributed by atoms with E-state index in [2.05, 4.69) is 56.3 Å². The average molecular weight is 317 g/mol. The van der Waals surface area contributed by atoms with Gasteiger partial charge in [0.2, 0.25) is 0 Å². The van der Waals surface area contributed by atoms with Crippen LogP contribution >= 0.6 is 15.9 Å². The van der Waals surface area contributed by atoms with Gasteiger partial charge in [0.25, 0.3) is 0 Å². The van der Waals surface area contributed by atoms with Gasteiger partial charge < -0.3 is 5.32 Å². The van der Waals surface area contributed by atoms with Gasteiger partial charge in [0.05, 0.1) is 24.6 Å². The Hall–Kier alpha value is -1.88. The van der Waals surface area contributed by atoms with Crippen molar-refractivity contribution in [2.75, 3.05) is 5.32 Å². The monoisotopic (exact) mass is 316 g/mol. The molecule has 0 saturated heterocycles. The maximum atomic E-state index is 4.33. The molecule has 1 aromatic carbocycles. The number of hydrogen-bond donors (Lipinski definition) is 1. The van der Waals surface area contributed by atoms with Gasteiger partial charge in [-0.15, -0.1) is 0 Å². The van der Waals surface area contributed by atoms with E-state index in [0.717, 1.165) is 28.2 Å². The second-order valence-electron chi connectivity index (χ2n) is 4.41. The lowest BCUT2D eigenvalue weighted by molar-refractivity contribution is 0.983. The third-order valence-corrected chi connectivity index (χ3v) is 3.34. The standard InChI is InChI=1S/C14H13BrN4/c1-10-3-2-4-11(5-10)16-6-12-7-18-14-8-17-13(15)9-19(12)14/h2-5,7-9,16H,6H2,1H3. The molecule has 0 spiro atoms. The molecule has 0 unspecified atom stereocenters. The van der Waals surface area contributed by atoms with Crippen LogP contribution in [0.3, 0.4) is 0 Å². The number of imidazole rings is 1. The summed E-state index contributed by atoms with van der Waals surface area (Å²) in [6, 6.07) is 8.32. The van der Waals surface area contributed by atoms with Crippen LogP contribution in [-0.4, -0.2) is 14.4 Å². The van der Waals surface area contributed by atoms with Crippen molar-refractivity contribution >= 4 is 27.3 Å². The van der Waals surface area contributed by atoms with Gasteiger partial charge in [-0.25, -0.2) is 9.97 Å². The van der Waals surface area contributed by atoms with Crippen molar-refractivity contribution in [3.63, 3.8) is 0 Å². The summed E-state index contributed by atoms with van der Waals surface area (Å²) in [5.41, 5.74) is 4.31. The zero-order valence-corrected chi connectivity index (χ0v) is 12.1. The van der Waals surface area contributed by atoms with Crippen molar-refractivity contribution in [3.8, 4) is 0 Å². The van der Waals surface area contributed by atoms with Crippen LogP contribution in [-0.2, 0) is 6.54 Å². The molecule has 5 heteroatoms. The Morgan fingerprint density at radius 3 is 3.00 bits per heavy atom. The molecule has 0 aliphatic carbocycles. The Bertz CT molecular complexity index is 720. The van der Waals surface area contributed by atoms with E-state index in [9.17, 15) is 0 Å². The lowest BCUT2D eigenvalue weighted by Crippen LogP contribution is -2.03. The Labute approximate surface area is 119 Å². The van der Waals surface area contributed by atoms with Crippen LogP contribution in [0, 0.1) is 6.92 Å². The lowest BCUT2D eigenvalue weighted by atomic mass is 10.2. The molecule has 0 amide bonds. The molecule has 3 aromatic rings. The lowest BCUT2D eigenvalue weighted by Gasteiger charge is -2.07. The second kappa shape index (κ2) is 5.01. The van der Waals surface area contributed by atoms with Crippen LogP contribution in [0.1, 0.15) is 11.3 Å². The van der Waals surface area contributed by atoms with Crippen LogP contribution in [0.25, 0.3) is 5.65 Å². The zero-order chi connectivity index (χ0) is 13.2. The number of halogens is 1. The van der Waals surface area contributed by atoms with Gasteiger partial charge in [0.15, 0.2) is 5.65 Å². The average Bonchev–Trinajstić information content (AvgIpc) is 2.79. The molecule has 0 aliphatic rings. The number of anilines is 1. The van der Waals surface area contributed by atoms with Gasteiger partial charge in [0.1, 0.15) is 4.60 Å². The molecule has 0 fully saturated rings. The van der Waals surface area contributed by atoms with E-state index in [1.807, 2.05) is 22.9 Å². The highest BCUT2D eigenvalue weighted by Gasteiger charge is 2.04. The van der Waals surface area contributed by atoms with E-state index < -0.39 is 0 Å². The number of nitrogens with one attached hydrogen (secondary N) is 1. The van der Waals surface area contributed by atoms with Gasteiger partial charge in [-0.3, -0.25) is 4.40 Å². The predicted molar refractivity (Wildman–Crippen MR) is 79.2 cm³/mol. The molecule has 0 atom stereocenters. The molecule has 2 heterocycles. The van der Waals surface area contributed by atoms with Crippen LogP contribution in [0.15, 0.2) is 47.5 Å². The van der Waals surface area contributed by atoms with Crippen LogP contribution < -0.4 is 5.32 Å². The Kier molecular flexibility index (Phi) is 3.21. The number of hydrogen-bond acceptors (Lipinski definition) is 3. The largest absolute Gasteiger partial charge is 0.379 e. The highest BCUT2D eigenvalue weighted by Crippen LogP contribution is 2.14. The van der Waals surface area contributed by atoms with Gasteiger partial charge in [-0.2, -0.15) is 0 Å². The zero-order valence-electron chi connectivity index (χ0n) is 10.5. The number of nitrogens with zero attached hydrogens (tertiary/aromatic N) is 3. The van der Waals surface area contributed by atoms with Gasteiger partial charge in [-0.1, -0.05) is 12.1 Å². The highest BCUT2D eigenvalue weighted by atomic mass is 79.9. The fraction of sp³-hybridized carbons (Fsp3) is 0.143. The van der Waals surface area contributed by atoms with Crippen molar-refractivity contribution in [2.45, 2.75) is 13.5 Å². The van der Waals surface area contributed by atoms with E-state index in [-0.39, 0.29) is 0 Å². The molecule has 4 nitrogen and oxygen atoms in total. The molecule has 0 radical (unpaired) electrons. The first-order valence-electron chi connectivity index (χ1n) is 6.00. The Morgan fingerprint density at radius 1 is 1.26 bits per heavy atom. The SMILES string of the molecule is Cc1cccc(NCc2cnc3cnc(Br)cn23)c1. The number of aryl methyl sites for hydroxylation is 1. The van der Waals surface area contributed by atoms with Gasteiger partial charge in [0, 0.05) is 11.9 Å². The van der Waals surface area contributed by atoms with Crippen LogP contribution in [0.2, 0.25) is 0 Å². The molecule has 2 aromatic heterocycles. The van der Waals surface area contributed by atoms with Crippen molar-refractivity contribution < 1.29 is 0 Å². The summed E-state index contributed by atoms with van der Waals surface area (Å²) in [7, 11) is 0. The first kappa shape index (κ1) is 12.2. The van der Waals surface area contributed by atoms with Gasteiger partial charge >= 0.3 is 0 Å². The molecule has 19 heavy (non-hydrogen) atoms.